The van der Waals surface area contributed by atoms with Crippen molar-refractivity contribution in [1.29, 1.82) is 0 Å². The topological polar surface area (TPSA) is 32.7 Å². The van der Waals surface area contributed by atoms with Crippen LogP contribution in [0.25, 0.3) is 0 Å². The first kappa shape index (κ1) is 13.5. The minimum atomic E-state index is -0.426. The van der Waals surface area contributed by atoms with Crippen LogP contribution in [0.1, 0.15) is 18.1 Å². The van der Waals surface area contributed by atoms with Gasteiger partial charge in [-0.1, -0.05) is 6.07 Å². The number of halogens is 1. The van der Waals surface area contributed by atoms with Gasteiger partial charge in [-0.2, -0.15) is 0 Å². The SMILES string of the molecule is COc1ccc(C(O)CCN(C)C)cc1Br. The first-order valence-electron chi connectivity index (χ1n) is 5.21. The average Bonchev–Trinajstić information content (AvgIpc) is 2.25. The van der Waals surface area contributed by atoms with Crippen molar-refractivity contribution < 1.29 is 9.84 Å². The molecule has 1 atom stereocenters. The lowest BCUT2D eigenvalue weighted by Crippen LogP contribution is -2.15. The molecule has 0 saturated carbocycles. The molecule has 0 aromatic heterocycles. The maximum Gasteiger partial charge on any atom is 0.133 e. The van der Waals surface area contributed by atoms with E-state index in [0.717, 1.165) is 28.8 Å². The van der Waals surface area contributed by atoms with E-state index in [1.54, 1.807) is 7.11 Å². The zero-order chi connectivity index (χ0) is 12.1. The molecule has 0 aliphatic carbocycles. The molecule has 1 aromatic carbocycles. The number of hydrogen-bond donors (Lipinski definition) is 1. The van der Waals surface area contributed by atoms with Gasteiger partial charge in [0.1, 0.15) is 5.75 Å². The molecule has 16 heavy (non-hydrogen) atoms. The molecule has 0 radical (unpaired) electrons. The maximum atomic E-state index is 9.97. The molecular weight excluding hydrogens is 270 g/mol. The van der Waals surface area contributed by atoms with Gasteiger partial charge in [0.05, 0.1) is 17.7 Å². The fraction of sp³-hybridized carbons (Fsp3) is 0.500. The zero-order valence-corrected chi connectivity index (χ0v) is 11.5. The second-order valence-corrected chi connectivity index (χ2v) is 4.86. The van der Waals surface area contributed by atoms with Crippen molar-refractivity contribution >= 4 is 15.9 Å². The molecule has 1 N–H and O–H groups in total. The first-order valence-corrected chi connectivity index (χ1v) is 6.00. The molecule has 4 heteroatoms. The molecule has 0 aliphatic rings. The Morgan fingerprint density at radius 2 is 2.12 bits per heavy atom. The van der Waals surface area contributed by atoms with E-state index in [1.165, 1.54) is 0 Å². The van der Waals surface area contributed by atoms with Gasteiger partial charge < -0.3 is 14.7 Å². The number of hydrogen-bond acceptors (Lipinski definition) is 3. The van der Waals surface area contributed by atoms with Crippen LogP contribution in [0.4, 0.5) is 0 Å². The second-order valence-electron chi connectivity index (χ2n) is 4.00. The van der Waals surface area contributed by atoms with Gasteiger partial charge in [-0.25, -0.2) is 0 Å². The van der Waals surface area contributed by atoms with Crippen molar-refractivity contribution in [2.24, 2.45) is 0 Å². The number of rotatable bonds is 5. The Morgan fingerprint density at radius 3 is 2.62 bits per heavy atom. The summed E-state index contributed by atoms with van der Waals surface area (Å²) in [6.07, 6.45) is 0.302. The third-order valence-electron chi connectivity index (χ3n) is 2.41. The number of aliphatic hydroxyl groups excluding tert-OH is 1. The van der Waals surface area contributed by atoms with Crippen molar-refractivity contribution in [3.05, 3.63) is 28.2 Å². The summed E-state index contributed by atoms with van der Waals surface area (Å²) < 4.78 is 6.01. The van der Waals surface area contributed by atoms with Gasteiger partial charge in [-0.05, 0) is 54.1 Å². The van der Waals surface area contributed by atoms with E-state index < -0.39 is 6.10 Å². The van der Waals surface area contributed by atoms with Crippen LogP contribution in [0.15, 0.2) is 22.7 Å². The van der Waals surface area contributed by atoms with Gasteiger partial charge >= 0.3 is 0 Å². The Morgan fingerprint density at radius 1 is 1.44 bits per heavy atom. The second kappa shape index (κ2) is 6.23. The lowest BCUT2D eigenvalue weighted by atomic mass is 10.1. The van der Waals surface area contributed by atoms with Crippen LogP contribution in [0, 0.1) is 0 Å². The average molecular weight is 288 g/mol. The zero-order valence-electron chi connectivity index (χ0n) is 9.90. The van der Waals surface area contributed by atoms with Crippen LogP contribution in [-0.4, -0.2) is 37.8 Å². The molecule has 0 bridgehead atoms. The Labute approximate surface area is 105 Å². The van der Waals surface area contributed by atoms with Crippen molar-refractivity contribution in [3.63, 3.8) is 0 Å². The van der Waals surface area contributed by atoms with Crippen LogP contribution in [-0.2, 0) is 0 Å². The molecule has 1 rings (SSSR count). The molecule has 90 valence electrons. The third kappa shape index (κ3) is 3.77. The molecule has 0 aliphatic heterocycles. The molecule has 3 nitrogen and oxygen atoms in total. The van der Waals surface area contributed by atoms with E-state index in [2.05, 4.69) is 20.8 Å². The van der Waals surface area contributed by atoms with E-state index in [1.807, 2.05) is 32.3 Å². The van der Waals surface area contributed by atoms with Crippen LogP contribution in [0.3, 0.4) is 0 Å². The largest absolute Gasteiger partial charge is 0.496 e. The molecule has 0 fully saturated rings. The quantitative estimate of drug-likeness (QED) is 0.903. The summed E-state index contributed by atoms with van der Waals surface area (Å²) in [6.45, 7) is 0.866. The van der Waals surface area contributed by atoms with E-state index >= 15 is 0 Å². The van der Waals surface area contributed by atoms with Gasteiger partial charge in [0, 0.05) is 6.54 Å². The summed E-state index contributed by atoms with van der Waals surface area (Å²) in [4.78, 5) is 2.06. The lowest BCUT2D eigenvalue weighted by Gasteiger charge is -2.15. The highest BCUT2D eigenvalue weighted by atomic mass is 79.9. The summed E-state index contributed by atoms with van der Waals surface area (Å²) in [5.74, 6) is 0.781. The van der Waals surface area contributed by atoms with Gasteiger partial charge in [-0.3, -0.25) is 0 Å². The van der Waals surface area contributed by atoms with Gasteiger partial charge in [-0.15, -0.1) is 0 Å². The number of benzene rings is 1. The summed E-state index contributed by atoms with van der Waals surface area (Å²) in [6, 6.07) is 5.65. The minimum Gasteiger partial charge on any atom is -0.496 e. The smallest absolute Gasteiger partial charge is 0.133 e. The maximum absolute atomic E-state index is 9.97. The number of methoxy groups -OCH3 is 1. The third-order valence-corrected chi connectivity index (χ3v) is 3.03. The fourth-order valence-corrected chi connectivity index (χ4v) is 2.00. The number of nitrogens with zero attached hydrogens (tertiary/aromatic N) is 1. The molecule has 0 saturated heterocycles. The normalized spacial score (nSPS) is 12.9. The van der Waals surface area contributed by atoms with Crippen LogP contribution < -0.4 is 4.74 Å². The van der Waals surface area contributed by atoms with E-state index in [-0.39, 0.29) is 0 Å². The van der Waals surface area contributed by atoms with Gasteiger partial charge in [0.25, 0.3) is 0 Å². The highest BCUT2D eigenvalue weighted by Crippen LogP contribution is 2.28. The summed E-state index contributed by atoms with van der Waals surface area (Å²) in [5, 5.41) is 9.97. The molecule has 0 amide bonds. The van der Waals surface area contributed by atoms with Gasteiger partial charge in [0.15, 0.2) is 0 Å². The summed E-state index contributed by atoms with van der Waals surface area (Å²) in [5.41, 5.74) is 0.912. The summed E-state index contributed by atoms with van der Waals surface area (Å²) >= 11 is 3.41. The predicted molar refractivity (Wildman–Crippen MR) is 68.8 cm³/mol. The number of aliphatic hydroxyl groups is 1. The van der Waals surface area contributed by atoms with Crippen molar-refractivity contribution in [2.75, 3.05) is 27.7 Å². The van der Waals surface area contributed by atoms with Crippen molar-refractivity contribution in [3.8, 4) is 5.75 Å². The van der Waals surface area contributed by atoms with Gasteiger partial charge in [0.2, 0.25) is 0 Å². The predicted octanol–water partition coefficient (Wildman–Crippen LogP) is 2.44. The van der Waals surface area contributed by atoms with Crippen LogP contribution in [0.5, 0.6) is 5.75 Å². The highest BCUT2D eigenvalue weighted by Gasteiger charge is 2.10. The lowest BCUT2D eigenvalue weighted by molar-refractivity contribution is 0.154. The molecule has 0 heterocycles. The first-order chi connectivity index (χ1) is 7.54. The van der Waals surface area contributed by atoms with Crippen LogP contribution in [0.2, 0.25) is 0 Å². The standard InChI is InChI=1S/C12H18BrNO2/c1-14(2)7-6-11(15)9-4-5-12(16-3)10(13)8-9/h4-5,8,11,15H,6-7H2,1-3H3. The summed E-state index contributed by atoms with van der Waals surface area (Å²) in [7, 11) is 5.62. The Balaban J connectivity index is 2.69. The molecule has 1 aromatic rings. The fourth-order valence-electron chi connectivity index (χ4n) is 1.44. The number of ether oxygens (including phenoxy) is 1. The van der Waals surface area contributed by atoms with Crippen LogP contribution >= 0.6 is 15.9 Å². The minimum absolute atomic E-state index is 0.426. The Hall–Kier alpha value is -0.580. The van der Waals surface area contributed by atoms with E-state index in [9.17, 15) is 5.11 Å². The molecule has 1 unspecified atom stereocenters. The van der Waals surface area contributed by atoms with E-state index in [4.69, 9.17) is 4.74 Å². The van der Waals surface area contributed by atoms with E-state index in [0.29, 0.717) is 0 Å². The van der Waals surface area contributed by atoms with Crippen molar-refractivity contribution in [2.45, 2.75) is 12.5 Å². The highest BCUT2D eigenvalue weighted by molar-refractivity contribution is 9.10. The Kier molecular flexibility index (Phi) is 5.25. The molecular formula is C12H18BrNO2. The Bertz CT molecular complexity index is 342. The monoisotopic (exact) mass is 287 g/mol. The molecule has 0 spiro atoms. The van der Waals surface area contributed by atoms with Crippen molar-refractivity contribution in [1.82, 2.24) is 4.90 Å².